The summed E-state index contributed by atoms with van der Waals surface area (Å²) in [6.07, 6.45) is 0.965. The van der Waals surface area contributed by atoms with Crippen molar-refractivity contribution in [2.24, 2.45) is 21.4 Å². The van der Waals surface area contributed by atoms with Crippen LogP contribution in [0.2, 0.25) is 0 Å². The van der Waals surface area contributed by atoms with Gasteiger partial charge in [-0.3, -0.25) is 9.52 Å². The number of carbonyl (C=O) groups excluding carboxylic acids is 1. The van der Waals surface area contributed by atoms with Crippen LogP contribution in [0.3, 0.4) is 0 Å². The van der Waals surface area contributed by atoms with E-state index < -0.39 is 16.7 Å². The van der Waals surface area contributed by atoms with Crippen molar-refractivity contribution in [3.8, 4) is 28.9 Å². The molecule has 0 radical (unpaired) electrons. The first-order valence-corrected chi connectivity index (χ1v) is 19.1. The maximum absolute atomic E-state index is 13.3. The molecule has 0 fully saturated rings. The summed E-state index contributed by atoms with van der Waals surface area (Å²) in [5, 5.41) is 28.1. The Labute approximate surface area is 319 Å². The number of hydrogen-bond acceptors (Lipinski definition) is 10. The van der Waals surface area contributed by atoms with Gasteiger partial charge < -0.3 is 20.1 Å². The highest BCUT2D eigenvalue weighted by atomic mass is 32.2. The second kappa shape index (κ2) is 16.2. The van der Waals surface area contributed by atoms with Crippen LogP contribution in [0.15, 0.2) is 58.8 Å². The number of azo groups is 1. The summed E-state index contributed by atoms with van der Waals surface area (Å²) in [4.78, 5) is 13.9. The Hall–Kier alpha value is -5.18. The van der Waals surface area contributed by atoms with Crippen molar-refractivity contribution >= 4 is 56.4 Å². The van der Waals surface area contributed by atoms with E-state index in [0.29, 0.717) is 45.1 Å². The molecule has 0 aliphatic rings. The Balaban J connectivity index is 1.68. The molecule has 1 atom stereocenters. The van der Waals surface area contributed by atoms with E-state index in [0.717, 1.165) is 17.5 Å². The first-order valence-electron chi connectivity index (χ1n) is 17.2. The van der Waals surface area contributed by atoms with Crippen LogP contribution in [0.5, 0.6) is 5.75 Å². The molecule has 0 spiro atoms. The molecule has 4 N–H and O–H groups in total. The van der Waals surface area contributed by atoms with Crippen molar-refractivity contribution in [2.75, 3.05) is 21.5 Å². The largest absolute Gasteiger partial charge is 0.385 e. The van der Waals surface area contributed by atoms with Gasteiger partial charge in [-0.15, -0.1) is 10.2 Å². The molecule has 0 saturated heterocycles. The lowest BCUT2D eigenvalue weighted by Crippen LogP contribution is -2.25. The van der Waals surface area contributed by atoms with Crippen LogP contribution in [0.25, 0.3) is 5.00 Å². The third kappa shape index (κ3) is 10.2. The second-order valence-corrected chi connectivity index (χ2v) is 17.5. The molecule has 4 rings (SSSR count). The van der Waals surface area contributed by atoms with Crippen LogP contribution in [0.4, 0.5) is 27.9 Å². The van der Waals surface area contributed by atoms with E-state index >= 15 is 0 Å². The number of carbonyl (C=O) groups is 1. The third-order valence-electron chi connectivity index (χ3n) is 8.15. The number of aryl methyl sites for hydroxylation is 1. The fourth-order valence-corrected chi connectivity index (χ4v) is 7.78. The SMILES string of the molecule is CCN(C#CN)c1ccc(N=Nc2c(C#N)c(C(C)(C)C)nn2-c2ccc(NS(=O)Oc3cc(C(C)(C)CC(C)(C)C)ccc3C)s2)c(NC(C)=O)c1. The van der Waals surface area contributed by atoms with Gasteiger partial charge in [0.2, 0.25) is 5.91 Å². The van der Waals surface area contributed by atoms with Crippen LogP contribution >= 0.6 is 11.3 Å². The van der Waals surface area contributed by atoms with Crippen LogP contribution in [0, 0.1) is 35.8 Å². The van der Waals surface area contributed by atoms with E-state index in [2.05, 4.69) is 79.1 Å². The summed E-state index contributed by atoms with van der Waals surface area (Å²) in [5.74, 6) is 0.448. The van der Waals surface area contributed by atoms with Crippen molar-refractivity contribution in [1.29, 1.82) is 5.26 Å². The monoisotopic (exact) mass is 755 g/mol. The zero-order chi connectivity index (χ0) is 39.3. The molecule has 53 heavy (non-hydrogen) atoms. The Bertz CT molecular complexity index is 2140. The molecule has 0 aliphatic heterocycles. The van der Waals surface area contributed by atoms with E-state index in [1.807, 2.05) is 46.8 Å². The van der Waals surface area contributed by atoms with Crippen LogP contribution in [-0.2, 0) is 26.9 Å². The number of rotatable bonds is 12. The number of aromatic nitrogens is 2. The Morgan fingerprint density at radius 3 is 2.40 bits per heavy atom. The number of nitrogens with zero attached hydrogens (tertiary/aromatic N) is 6. The maximum Gasteiger partial charge on any atom is 0.316 e. The number of anilines is 3. The standard InChI is InChI=1S/C39H49N9O3S2/c1-12-47(20-19-40)28-15-16-30(31(22-28)42-26(3)49)43-44-36-29(23-41)35(38(7,8)9)45-48(36)34-18-17-33(52-34)46-53(50)51-32-21-27(14-13-25(32)2)39(10,11)24-37(4,5)6/h13-18,21-22,46H,12,24,40H2,1-11H3,(H,42,49). The zero-order valence-corrected chi connectivity index (χ0v) is 34.0. The van der Waals surface area contributed by atoms with E-state index in [1.165, 1.54) is 18.3 Å². The quantitative estimate of drug-likeness (QED) is 0.0737. The van der Waals surface area contributed by atoms with Gasteiger partial charge >= 0.3 is 11.3 Å². The third-order valence-corrected chi connectivity index (χ3v) is 9.97. The van der Waals surface area contributed by atoms with Gasteiger partial charge in [-0.2, -0.15) is 14.6 Å². The normalized spacial score (nSPS) is 12.5. The predicted molar refractivity (Wildman–Crippen MR) is 215 cm³/mol. The Kier molecular flexibility index (Phi) is 12.4. The van der Waals surface area contributed by atoms with Crippen molar-refractivity contribution in [3.05, 3.63) is 70.9 Å². The van der Waals surface area contributed by atoms with Crippen molar-refractivity contribution < 1.29 is 13.2 Å². The number of nitriles is 1. The van der Waals surface area contributed by atoms with Crippen LogP contribution in [0.1, 0.15) is 98.0 Å². The molecule has 280 valence electrons. The summed E-state index contributed by atoms with van der Waals surface area (Å²) >= 11 is -0.645. The summed E-state index contributed by atoms with van der Waals surface area (Å²) in [6, 6.07) is 22.3. The van der Waals surface area contributed by atoms with Gasteiger partial charge in [0, 0.05) is 31.0 Å². The van der Waals surface area contributed by atoms with Gasteiger partial charge in [-0.1, -0.05) is 78.9 Å². The van der Waals surface area contributed by atoms with Crippen LogP contribution in [-0.4, -0.2) is 26.4 Å². The number of thiophene rings is 1. The van der Waals surface area contributed by atoms with Gasteiger partial charge in [-0.05, 0) is 78.6 Å². The molecule has 0 aliphatic carbocycles. The molecule has 2 aromatic carbocycles. The highest BCUT2D eigenvalue weighted by molar-refractivity contribution is 7.82. The van der Waals surface area contributed by atoms with Gasteiger partial charge in [0.25, 0.3) is 0 Å². The molecule has 14 heteroatoms. The first-order chi connectivity index (χ1) is 24.8. The molecule has 0 bridgehead atoms. The fourth-order valence-electron chi connectivity index (χ4n) is 6.08. The average molecular weight is 756 g/mol. The lowest BCUT2D eigenvalue weighted by molar-refractivity contribution is -0.114. The van der Waals surface area contributed by atoms with Gasteiger partial charge in [0.1, 0.15) is 33.1 Å². The maximum atomic E-state index is 13.3. The average Bonchev–Trinajstić information content (AvgIpc) is 3.66. The molecule has 1 amide bonds. The molecule has 0 saturated carbocycles. The molecule has 12 nitrogen and oxygen atoms in total. The van der Waals surface area contributed by atoms with Crippen molar-refractivity contribution in [3.63, 3.8) is 0 Å². The molecular weight excluding hydrogens is 707 g/mol. The summed E-state index contributed by atoms with van der Waals surface area (Å²) in [6.45, 7) is 22.8. The number of hydrogen-bond donors (Lipinski definition) is 3. The highest BCUT2D eigenvalue weighted by Gasteiger charge is 2.30. The zero-order valence-electron chi connectivity index (χ0n) is 32.3. The lowest BCUT2D eigenvalue weighted by atomic mass is 9.72. The van der Waals surface area contributed by atoms with E-state index in [4.69, 9.17) is 15.0 Å². The lowest BCUT2D eigenvalue weighted by Gasteiger charge is -2.33. The highest BCUT2D eigenvalue weighted by Crippen LogP contribution is 2.40. The number of nitrogens with one attached hydrogen (secondary N) is 2. The van der Waals surface area contributed by atoms with Gasteiger partial charge in [-0.25, -0.2) is 4.68 Å². The number of nitrogens with two attached hydrogens (primary N) is 1. The van der Waals surface area contributed by atoms with E-state index in [-0.39, 0.29) is 28.1 Å². The molecule has 4 aromatic rings. The van der Waals surface area contributed by atoms with Gasteiger partial charge in [0.05, 0.1) is 17.1 Å². The first kappa shape index (κ1) is 40.6. The molecule has 2 heterocycles. The summed E-state index contributed by atoms with van der Waals surface area (Å²) in [5.41, 5.74) is 9.21. The van der Waals surface area contributed by atoms with E-state index in [1.54, 1.807) is 39.9 Å². The molecule has 2 aromatic heterocycles. The topological polar surface area (TPSA) is 163 Å². The number of amides is 1. The minimum atomic E-state index is -1.91. The van der Waals surface area contributed by atoms with Gasteiger partial charge in [0.15, 0.2) is 5.82 Å². The fraction of sp³-hybridized carbons (Fsp3) is 0.410. The summed E-state index contributed by atoms with van der Waals surface area (Å²) in [7, 11) is 0. The summed E-state index contributed by atoms with van der Waals surface area (Å²) < 4.78 is 23.7. The smallest absolute Gasteiger partial charge is 0.316 e. The Morgan fingerprint density at radius 1 is 1.08 bits per heavy atom. The van der Waals surface area contributed by atoms with Crippen molar-refractivity contribution in [1.82, 2.24) is 9.78 Å². The second-order valence-electron chi connectivity index (χ2n) is 15.6. The molecule has 1 unspecified atom stereocenters. The number of benzene rings is 2. The Morgan fingerprint density at radius 2 is 1.79 bits per heavy atom. The molecular formula is C39H49N9O3S2. The van der Waals surface area contributed by atoms with E-state index in [9.17, 15) is 14.3 Å². The van der Waals surface area contributed by atoms with Crippen molar-refractivity contribution in [2.45, 2.75) is 93.4 Å². The minimum absolute atomic E-state index is 0.112. The minimum Gasteiger partial charge on any atom is -0.385 e. The predicted octanol–water partition coefficient (Wildman–Crippen LogP) is 9.27. The van der Waals surface area contributed by atoms with Crippen LogP contribution < -0.4 is 24.9 Å².